The van der Waals surface area contributed by atoms with E-state index in [4.69, 9.17) is 18.9 Å². The van der Waals surface area contributed by atoms with Gasteiger partial charge in [-0.3, -0.25) is 0 Å². The molecule has 1 fully saturated rings. The van der Waals surface area contributed by atoms with Crippen molar-refractivity contribution >= 4 is 12.3 Å². The number of unbranched alkanes of at least 4 members (excludes halogenated alkanes) is 5. The third-order valence-corrected chi connectivity index (χ3v) is 5.03. The minimum Gasteiger partial charge on any atom is -0.434 e. The number of hydrogen-bond acceptors (Lipinski definition) is 6. The highest BCUT2D eigenvalue weighted by atomic mass is 16.7. The molecule has 0 aromatic heterocycles. The zero-order chi connectivity index (χ0) is 21.5. The highest BCUT2D eigenvalue weighted by Crippen LogP contribution is 2.24. The van der Waals surface area contributed by atoms with Crippen molar-refractivity contribution in [2.45, 2.75) is 111 Å². The van der Waals surface area contributed by atoms with E-state index in [1.54, 1.807) is 0 Å². The van der Waals surface area contributed by atoms with Gasteiger partial charge in [-0.25, -0.2) is 9.59 Å². The quantitative estimate of drug-likeness (QED) is 0.248. The molecule has 1 aliphatic carbocycles. The average Bonchev–Trinajstić information content (AvgIpc) is 2.65. The first-order valence-electron chi connectivity index (χ1n) is 11.5. The summed E-state index contributed by atoms with van der Waals surface area (Å²) in [5, 5.41) is 0. The Morgan fingerprint density at radius 2 is 1.31 bits per heavy atom. The van der Waals surface area contributed by atoms with Crippen LogP contribution in [0.3, 0.4) is 0 Å². The fourth-order valence-corrected chi connectivity index (χ4v) is 3.41. The van der Waals surface area contributed by atoms with E-state index in [1.165, 1.54) is 32.1 Å². The van der Waals surface area contributed by atoms with Crippen LogP contribution in [0.2, 0.25) is 0 Å². The second kappa shape index (κ2) is 15.4. The standard InChI is InChI=1S/C23H42O6/c1-18(2)12-9-7-5-6-8-10-15-26-22(24)28-20-13-11-14-21(16-20)29-23(25)27-17-19(3)4/h18-21H,5-17H2,1-4H3. The molecule has 0 heterocycles. The van der Waals surface area contributed by atoms with Gasteiger partial charge in [-0.2, -0.15) is 0 Å². The van der Waals surface area contributed by atoms with Crippen LogP contribution in [0, 0.1) is 11.8 Å². The zero-order valence-electron chi connectivity index (χ0n) is 19.0. The predicted octanol–water partition coefficient (Wildman–Crippen LogP) is 6.65. The lowest BCUT2D eigenvalue weighted by Crippen LogP contribution is -2.32. The Morgan fingerprint density at radius 3 is 1.90 bits per heavy atom. The third kappa shape index (κ3) is 14.2. The van der Waals surface area contributed by atoms with Crippen LogP contribution >= 0.6 is 0 Å². The first-order chi connectivity index (χ1) is 13.9. The van der Waals surface area contributed by atoms with Crippen LogP contribution in [0.4, 0.5) is 9.59 Å². The van der Waals surface area contributed by atoms with Crippen LogP contribution in [0.15, 0.2) is 0 Å². The van der Waals surface area contributed by atoms with Gasteiger partial charge in [0.1, 0.15) is 12.2 Å². The van der Waals surface area contributed by atoms with E-state index in [-0.39, 0.29) is 18.1 Å². The van der Waals surface area contributed by atoms with Crippen LogP contribution in [0.25, 0.3) is 0 Å². The van der Waals surface area contributed by atoms with Gasteiger partial charge in [-0.1, -0.05) is 66.2 Å². The summed E-state index contributed by atoms with van der Waals surface area (Å²) in [4.78, 5) is 23.6. The molecule has 1 aliphatic rings. The molecule has 0 aromatic carbocycles. The van der Waals surface area contributed by atoms with Gasteiger partial charge in [0.25, 0.3) is 0 Å². The third-order valence-electron chi connectivity index (χ3n) is 5.03. The van der Waals surface area contributed by atoms with Crippen LogP contribution in [-0.2, 0) is 18.9 Å². The molecule has 29 heavy (non-hydrogen) atoms. The molecule has 0 aliphatic heterocycles. The van der Waals surface area contributed by atoms with Crippen LogP contribution in [0.5, 0.6) is 0 Å². The summed E-state index contributed by atoms with van der Waals surface area (Å²) in [6.07, 6.45) is 9.38. The zero-order valence-corrected chi connectivity index (χ0v) is 19.0. The Kier molecular flexibility index (Phi) is 13.6. The van der Waals surface area contributed by atoms with Crippen LogP contribution in [-0.4, -0.2) is 37.7 Å². The Labute approximate surface area is 177 Å². The van der Waals surface area contributed by atoms with Crippen molar-refractivity contribution in [1.29, 1.82) is 0 Å². The number of ether oxygens (including phenoxy) is 4. The Balaban J connectivity index is 2.06. The first-order valence-corrected chi connectivity index (χ1v) is 11.5. The summed E-state index contributed by atoms with van der Waals surface area (Å²) in [7, 11) is 0. The predicted molar refractivity (Wildman–Crippen MR) is 113 cm³/mol. The summed E-state index contributed by atoms with van der Waals surface area (Å²) >= 11 is 0. The van der Waals surface area contributed by atoms with Crippen molar-refractivity contribution in [3.05, 3.63) is 0 Å². The summed E-state index contributed by atoms with van der Waals surface area (Å²) in [6, 6.07) is 0. The molecule has 0 saturated heterocycles. The molecule has 170 valence electrons. The summed E-state index contributed by atoms with van der Waals surface area (Å²) in [5.74, 6) is 1.06. The van der Waals surface area contributed by atoms with Gasteiger partial charge in [-0.05, 0) is 37.5 Å². The van der Waals surface area contributed by atoms with Gasteiger partial charge in [0.2, 0.25) is 0 Å². The molecule has 2 unspecified atom stereocenters. The molecule has 6 nitrogen and oxygen atoms in total. The molecule has 0 N–H and O–H groups in total. The van der Waals surface area contributed by atoms with E-state index in [0.717, 1.165) is 38.0 Å². The summed E-state index contributed by atoms with van der Waals surface area (Å²) in [5.41, 5.74) is 0. The summed E-state index contributed by atoms with van der Waals surface area (Å²) < 4.78 is 21.0. The number of carbonyl (C=O) groups is 2. The maximum atomic E-state index is 11.9. The molecule has 0 amide bonds. The maximum absolute atomic E-state index is 11.9. The monoisotopic (exact) mass is 414 g/mol. The molecule has 0 radical (unpaired) electrons. The molecule has 0 bridgehead atoms. The molecule has 6 heteroatoms. The number of rotatable bonds is 13. The normalized spacial score (nSPS) is 19.2. The highest BCUT2D eigenvalue weighted by Gasteiger charge is 2.28. The first kappa shape index (κ1) is 25.6. The Bertz CT molecular complexity index is 449. The Morgan fingerprint density at radius 1 is 0.759 bits per heavy atom. The average molecular weight is 415 g/mol. The Hall–Kier alpha value is -1.46. The van der Waals surface area contributed by atoms with E-state index in [1.807, 2.05) is 13.8 Å². The molecule has 0 aromatic rings. The largest absolute Gasteiger partial charge is 0.508 e. The second-order valence-electron chi connectivity index (χ2n) is 9.00. The van der Waals surface area contributed by atoms with Gasteiger partial charge < -0.3 is 18.9 Å². The van der Waals surface area contributed by atoms with Crippen molar-refractivity contribution in [3.8, 4) is 0 Å². The smallest absolute Gasteiger partial charge is 0.434 e. The summed E-state index contributed by atoms with van der Waals surface area (Å²) in [6.45, 7) is 9.21. The van der Waals surface area contributed by atoms with Gasteiger partial charge in [0.05, 0.1) is 13.2 Å². The number of carbonyl (C=O) groups excluding carboxylic acids is 2. The van der Waals surface area contributed by atoms with E-state index in [9.17, 15) is 9.59 Å². The highest BCUT2D eigenvalue weighted by molar-refractivity contribution is 5.60. The topological polar surface area (TPSA) is 71.1 Å². The van der Waals surface area contributed by atoms with Gasteiger partial charge in [0.15, 0.2) is 0 Å². The second-order valence-corrected chi connectivity index (χ2v) is 9.00. The van der Waals surface area contributed by atoms with Crippen molar-refractivity contribution in [3.63, 3.8) is 0 Å². The van der Waals surface area contributed by atoms with Gasteiger partial charge in [-0.15, -0.1) is 0 Å². The SMILES string of the molecule is CC(C)CCCCCCCCOC(=O)OC1CCCC(OC(=O)OCC(C)C)C1. The van der Waals surface area contributed by atoms with E-state index < -0.39 is 12.3 Å². The molecule has 1 saturated carbocycles. The van der Waals surface area contributed by atoms with E-state index in [2.05, 4.69) is 13.8 Å². The maximum Gasteiger partial charge on any atom is 0.508 e. The lowest BCUT2D eigenvalue weighted by atomic mass is 9.95. The van der Waals surface area contributed by atoms with Crippen molar-refractivity contribution < 1.29 is 28.5 Å². The lowest BCUT2D eigenvalue weighted by molar-refractivity contribution is -0.0364. The fourth-order valence-electron chi connectivity index (χ4n) is 3.41. The molecular weight excluding hydrogens is 372 g/mol. The molecule has 0 spiro atoms. The van der Waals surface area contributed by atoms with Gasteiger partial charge in [0, 0.05) is 6.42 Å². The van der Waals surface area contributed by atoms with Gasteiger partial charge >= 0.3 is 12.3 Å². The van der Waals surface area contributed by atoms with Crippen molar-refractivity contribution in [1.82, 2.24) is 0 Å². The minimum absolute atomic E-state index is 0.264. The lowest BCUT2D eigenvalue weighted by Gasteiger charge is -2.28. The van der Waals surface area contributed by atoms with E-state index >= 15 is 0 Å². The fraction of sp³-hybridized carbons (Fsp3) is 0.913. The van der Waals surface area contributed by atoms with Crippen molar-refractivity contribution in [2.75, 3.05) is 13.2 Å². The van der Waals surface area contributed by atoms with Crippen molar-refractivity contribution in [2.24, 2.45) is 11.8 Å². The molecule has 2 atom stereocenters. The van der Waals surface area contributed by atoms with E-state index in [0.29, 0.717) is 19.6 Å². The minimum atomic E-state index is -0.642. The van der Waals surface area contributed by atoms with Crippen LogP contribution in [0.1, 0.15) is 98.3 Å². The molecule has 1 rings (SSSR count). The number of hydrogen-bond donors (Lipinski definition) is 0. The van der Waals surface area contributed by atoms with Crippen LogP contribution < -0.4 is 0 Å². The molecular formula is C23H42O6.